The molecule has 0 amide bonds. The molecule has 4 nitrogen and oxygen atoms in total. The van der Waals surface area contributed by atoms with Gasteiger partial charge in [0.1, 0.15) is 0 Å². The monoisotopic (exact) mass is 428 g/mol. The Labute approximate surface area is 186 Å². The van der Waals surface area contributed by atoms with Gasteiger partial charge in [0.05, 0.1) is 26.4 Å². The summed E-state index contributed by atoms with van der Waals surface area (Å²) in [5.41, 5.74) is -1.60. The van der Waals surface area contributed by atoms with E-state index in [4.69, 9.17) is 0 Å². The van der Waals surface area contributed by atoms with E-state index in [2.05, 4.69) is 0 Å². The van der Waals surface area contributed by atoms with Crippen molar-refractivity contribution < 1.29 is 20.4 Å². The Morgan fingerprint density at radius 2 is 0.467 bits per heavy atom. The number of aliphatic hydroxyl groups is 4. The predicted octanol–water partition coefficient (Wildman–Crippen LogP) is 5.74. The van der Waals surface area contributed by atoms with Crippen LogP contribution in [0.15, 0.2) is 0 Å². The van der Waals surface area contributed by atoms with E-state index in [0.29, 0.717) is 12.8 Å². The summed E-state index contributed by atoms with van der Waals surface area (Å²) in [5, 5.41) is 40.9. The largest absolute Gasteiger partial charge is 0.396 e. The molecule has 0 saturated heterocycles. The molecule has 0 bridgehead atoms. The van der Waals surface area contributed by atoms with Gasteiger partial charge in [-0.2, -0.15) is 0 Å². The van der Waals surface area contributed by atoms with Gasteiger partial charge in [0.25, 0.3) is 0 Å². The van der Waals surface area contributed by atoms with E-state index in [9.17, 15) is 20.4 Å². The van der Waals surface area contributed by atoms with Crippen LogP contribution in [0.1, 0.15) is 128 Å². The minimum absolute atomic E-state index is 0.176. The summed E-state index contributed by atoms with van der Waals surface area (Å²) in [5.74, 6) is 0. The van der Waals surface area contributed by atoms with E-state index in [1.807, 2.05) is 0 Å². The number of rotatable bonds is 4. The topological polar surface area (TPSA) is 80.9 Å². The summed E-state index contributed by atoms with van der Waals surface area (Å²) in [4.78, 5) is 0. The van der Waals surface area contributed by atoms with Crippen LogP contribution in [0.25, 0.3) is 0 Å². The molecular formula is C26H52O4. The van der Waals surface area contributed by atoms with Crippen molar-refractivity contribution in [1.82, 2.24) is 0 Å². The Morgan fingerprint density at radius 3 is 0.633 bits per heavy atom. The van der Waals surface area contributed by atoms with E-state index in [-0.39, 0.29) is 26.4 Å². The first kappa shape index (κ1) is 27.9. The zero-order valence-corrected chi connectivity index (χ0v) is 19.8. The van der Waals surface area contributed by atoms with E-state index < -0.39 is 10.8 Å². The lowest BCUT2D eigenvalue weighted by Crippen LogP contribution is -2.52. The molecule has 4 heteroatoms. The molecule has 0 radical (unpaired) electrons. The van der Waals surface area contributed by atoms with Gasteiger partial charge < -0.3 is 20.4 Å². The third-order valence-electron chi connectivity index (χ3n) is 7.90. The molecule has 4 N–H and O–H groups in total. The van der Waals surface area contributed by atoms with Gasteiger partial charge in [-0.15, -0.1) is 0 Å². The van der Waals surface area contributed by atoms with E-state index >= 15 is 0 Å². The summed E-state index contributed by atoms with van der Waals surface area (Å²) in [6, 6.07) is 0. The van der Waals surface area contributed by atoms with Crippen molar-refractivity contribution in [2.24, 2.45) is 10.8 Å². The molecule has 1 aliphatic carbocycles. The van der Waals surface area contributed by atoms with Gasteiger partial charge in [-0.3, -0.25) is 0 Å². The molecule has 1 rings (SSSR count). The van der Waals surface area contributed by atoms with Crippen molar-refractivity contribution in [3.8, 4) is 0 Å². The molecule has 1 fully saturated rings. The average Bonchev–Trinajstić information content (AvgIpc) is 2.78. The van der Waals surface area contributed by atoms with Crippen LogP contribution in [0.2, 0.25) is 0 Å². The second-order valence-electron chi connectivity index (χ2n) is 10.1. The highest BCUT2D eigenvalue weighted by Gasteiger charge is 2.49. The Hall–Kier alpha value is -0.160. The molecule has 1 aliphatic rings. The van der Waals surface area contributed by atoms with Crippen molar-refractivity contribution in [3.05, 3.63) is 0 Å². The lowest BCUT2D eigenvalue weighted by atomic mass is 9.60. The first-order valence-corrected chi connectivity index (χ1v) is 13.1. The third-order valence-corrected chi connectivity index (χ3v) is 7.90. The van der Waals surface area contributed by atoms with Crippen LogP contribution < -0.4 is 0 Å². The molecule has 1 saturated carbocycles. The van der Waals surface area contributed by atoms with Gasteiger partial charge in [-0.1, -0.05) is 116 Å². The highest BCUT2D eigenvalue weighted by Crippen LogP contribution is 2.46. The highest BCUT2D eigenvalue weighted by atomic mass is 16.3. The van der Waals surface area contributed by atoms with E-state index in [0.717, 1.165) is 25.7 Å². The summed E-state index contributed by atoms with van der Waals surface area (Å²) in [7, 11) is 0. The van der Waals surface area contributed by atoms with Crippen LogP contribution in [-0.4, -0.2) is 46.9 Å². The Morgan fingerprint density at radius 1 is 0.300 bits per heavy atom. The van der Waals surface area contributed by atoms with Gasteiger partial charge in [-0.05, 0) is 12.8 Å². The lowest BCUT2D eigenvalue weighted by Gasteiger charge is -2.47. The molecular weight excluding hydrogens is 376 g/mol. The molecule has 0 atom stereocenters. The summed E-state index contributed by atoms with van der Waals surface area (Å²) >= 11 is 0. The SMILES string of the molecule is OCC1(CO)CCCCCCCCCCCCCCCCCCCCC1(CO)CO. The lowest BCUT2D eigenvalue weighted by molar-refractivity contribution is -0.124. The second kappa shape index (κ2) is 17.4. The highest BCUT2D eigenvalue weighted by molar-refractivity contribution is 4.97. The average molecular weight is 429 g/mol. The van der Waals surface area contributed by atoms with Gasteiger partial charge in [0.15, 0.2) is 0 Å². The minimum Gasteiger partial charge on any atom is -0.396 e. The maximum atomic E-state index is 10.2. The molecule has 0 heterocycles. The van der Waals surface area contributed by atoms with Gasteiger partial charge in [0, 0.05) is 10.8 Å². The van der Waals surface area contributed by atoms with Crippen molar-refractivity contribution >= 4 is 0 Å². The maximum Gasteiger partial charge on any atom is 0.0516 e. The standard InChI is InChI=1S/C26H52O4/c27-21-25(22-28)19-17-15-13-11-9-7-5-3-1-2-4-6-8-10-12-14-16-18-20-26(25,23-29)24-30/h27-30H,1-24H2. The fraction of sp³-hybridized carbons (Fsp3) is 1.00. The van der Waals surface area contributed by atoms with Crippen molar-refractivity contribution in [3.63, 3.8) is 0 Å². The fourth-order valence-corrected chi connectivity index (χ4v) is 5.37. The summed E-state index contributed by atoms with van der Waals surface area (Å²) in [6.07, 6.45) is 23.9. The first-order valence-electron chi connectivity index (χ1n) is 13.1. The predicted molar refractivity (Wildman–Crippen MR) is 126 cm³/mol. The van der Waals surface area contributed by atoms with E-state index in [1.165, 1.54) is 89.9 Å². The third kappa shape index (κ3) is 9.54. The van der Waals surface area contributed by atoms with Gasteiger partial charge in [0.2, 0.25) is 0 Å². The number of hydrogen-bond donors (Lipinski definition) is 4. The summed E-state index contributed by atoms with van der Waals surface area (Å²) < 4.78 is 0. The molecule has 0 unspecified atom stereocenters. The minimum atomic E-state index is -0.798. The zero-order chi connectivity index (χ0) is 22.0. The molecule has 0 aliphatic heterocycles. The van der Waals surface area contributed by atoms with Crippen LogP contribution in [0.4, 0.5) is 0 Å². The normalized spacial score (nSPS) is 24.4. The van der Waals surface area contributed by atoms with Crippen molar-refractivity contribution in [2.45, 2.75) is 128 Å². The fourth-order valence-electron chi connectivity index (χ4n) is 5.37. The maximum absolute atomic E-state index is 10.2. The quantitative estimate of drug-likeness (QED) is 0.460. The van der Waals surface area contributed by atoms with Crippen LogP contribution >= 0.6 is 0 Å². The Balaban J connectivity index is 2.65. The molecule has 0 spiro atoms. The van der Waals surface area contributed by atoms with Crippen LogP contribution in [0.3, 0.4) is 0 Å². The van der Waals surface area contributed by atoms with Crippen LogP contribution in [-0.2, 0) is 0 Å². The van der Waals surface area contributed by atoms with Crippen LogP contribution in [0.5, 0.6) is 0 Å². The van der Waals surface area contributed by atoms with Crippen LogP contribution in [0, 0.1) is 10.8 Å². The molecule has 0 aromatic rings. The zero-order valence-electron chi connectivity index (χ0n) is 19.8. The first-order chi connectivity index (χ1) is 14.7. The molecule has 180 valence electrons. The summed E-state index contributed by atoms with van der Waals surface area (Å²) in [6.45, 7) is -0.704. The molecule has 0 aromatic carbocycles. The number of hydrogen-bond acceptors (Lipinski definition) is 4. The number of aliphatic hydroxyl groups excluding tert-OH is 4. The smallest absolute Gasteiger partial charge is 0.0516 e. The van der Waals surface area contributed by atoms with E-state index in [1.54, 1.807) is 0 Å². The molecule has 30 heavy (non-hydrogen) atoms. The second-order valence-corrected chi connectivity index (χ2v) is 10.1. The Kier molecular flexibility index (Phi) is 16.2. The van der Waals surface area contributed by atoms with Crippen molar-refractivity contribution in [1.29, 1.82) is 0 Å². The Bertz CT molecular complexity index is 341. The van der Waals surface area contributed by atoms with Crippen molar-refractivity contribution in [2.75, 3.05) is 26.4 Å². The van der Waals surface area contributed by atoms with Gasteiger partial charge in [-0.25, -0.2) is 0 Å². The van der Waals surface area contributed by atoms with Gasteiger partial charge >= 0.3 is 0 Å². The molecule has 0 aromatic heterocycles.